The molecule has 0 fully saturated rings. The van der Waals surface area contributed by atoms with E-state index in [0.29, 0.717) is 13.2 Å². The van der Waals surface area contributed by atoms with Crippen molar-refractivity contribution in [2.45, 2.75) is 6.92 Å². The van der Waals surface area contributed by atoms with Gasteiger partial charge in [-0.1, -0.05) is 24.8 Å². The highest BCUT2D eigenvalue weighted by atomic mass is 32.1. The molecular formula is C18H17NO2S. The van der Waals surface area contributed by atoms with Crippen LogP contribution in [0.1, 0.15) is 6.92 Å². The number of nitrogens with zero attached hydrogens (tertiary/aromatic N) is 1. The molecule has 1 aromatic heterocycles. The molecule has 3 aromatic rings. The fourth-order valence-electron chi connectivity index (χ4n) is 2.17. The Morgan fingerprint density at radius 1 is 1.14 bits per heavy atom. The van der Waals surface area contributed by atoms with Gasteiger partial charge in [0.25, 0.3) is 0 Å². The normalized spacial score (nSPS) is 10.6. The van der Waals surface area contributed by atoms with E-state index in [1.54, 1.807) is 17.4 Å². The molecule has 22 heavy (non-hydrogen) atoms. The summed E-state index contributed by atoms with van der Waals surface area (Å²) in [4.78, 5) is 4.68. The maximum atomic E-state index is 5.69. The second-order valence-electron chi connectivity index (χ2n) is 4.68. The van der Waals surface area contributed by atoms with Gasteiger partial charge in [-0.15, -0.1) is 11.3 Å². The second-order valence-corrected chi connectivity index (χ2v) is 5.71. The highest BCUT2D eigenvalue weighted by molar-refractivity contribution is 7.21. The lowest BCUT2D eigenvalue weighted by molar-refractivity contribution is 0.297. The van der Waals surface area contributed by atoms with Gasteiger partial charge in [0.05, 0.1) is 16.8 Å². The minimum atomic E-state index is 0.459. The summed E-state index contributed by atoms with van der Waals surface area (Å²) in [5, 5.41) is 0.984. The van der Waals surface area contributed by atoms with Gasteiger partial charge in [-0.2, -0.15) is 0 Å². The molecule has 0 amide bonds. The first-order valence-electron chi connectivity index (χ1n) is 7.18. The summed E-state index contributed by atoms with van der Waals surface area (Å²) in [7, 11) is 0. The molecule has 3 rings (SSSR count). The Morgan fingerprint density at radius 2 is 2.00 bits per heavy atom. The van der Waals surface area contributed by atoms with Gasteiger partial charge < -0.3 is 9.47 Å². The highest BCUT2D eigenvalue weighted by Gasteiger charge is 2.11. The van der Waals surface area contributed by atoms with Crippen molar-refractivity contribution in [1.82, 2.24) is 4.98 Å². The molecule has 112 valence electrons. The Kier molecular flexibility index (Phi) is 4.39. The van der Waals surface area contributed by atoms with Crippen LogP contribution < -0.4 is 9.47 Å². The number of benzene rings is 2. The molecule has 0 radical (unpaired) electrons. The lowest BCUT2D eigenvalue weighted by Gasteiger charge is -2.11. The third kappa shape index (κ3) is 2.97. The summed E-state index contributed by atoms with van der Waals surface area (Å²) in [6.45, 7) is 6.68. The summed E-state index contributed by atoms with van der Waals surface area (Å²) >= 11 is 1.68. The number of hydrogen-bond acceptors (Lipinski definition) is 4. The van der Waals surface area contributed by atoms with Crippen LogP contribution in [0.4, 0.5) is 0 Å². The predicted octanol–water partition coefficient (Wildman–Crippen LogP) is 4.93. The Balaban J connectivity index is 1.99. The Morgan fingerprint density at radius 3 is 2.77 bits per heavy atom. The van der Waals surface area contributed by atoms with Crippen LogP contribution in [0.2, 0.25) is 0 Å². The van der Waals surface area contributed by atoms with Crippen molar-refractivity contribution < 1.29 is 9.47 Å². The minimum Gasteiger partial charge on any atom is -0.490 e. The standard InChI is InChI=1S/C18H17NO2S/c1-3-11-21-15-10-9-13(12-16(15)20-4-2)18-19-14-7-5-6-8-17(14)22-18/h3,5-10,12H,1,4,11H2,2H3. The van der Waals surface area contributed by atoms with Crippen molar-refractivity contribution >= 4 is 21.6 Å². The molecule has 0 aliphatic carbocycles. The van der Waals surface area contributed by atoms with Crippen LogP contribution in [-0.4, -0.2) is 18.2 Å². The second kappa shape index (κ2) is 6.62. The van der Waals surface area contributed by atoms with E-state index in [4.69, 9.17) is 9.47 Å². The average molecular weight is 311 g/mol. The Labute approximate surface area is 133 Å². The molecular weight excluding hydrogens is 294 g/mol. The topological polar surface area (TPSA) is 31.4 Å². The number of thiazole rings is 1. The van der Waals surface area contributed by atoms with E-state index in [1.807, 2.05) is 43.3 Å². The van der Waals surface area contributed by atoms with Gasteiger partial charge in [0, 0.05) is 5.56 Å². The lowest BCUT2D eigenvalue weighted by atomic mass is 10.2. The number of aromatic nitrogens is 1. The van der Waals surface area contributed by atoms with Gasteiger partial charge >= 0.3 is 0 Å². The summed E-state index contributed by atoms with van der Waals surface area (Å²) in [6, 6.07) is 14.1. The van der Waals surface area contributed by atoms with E-state index < -0.39 is 0 Å². The highest BCUT2D eigenvalue weighted by Crippen LogP contribution is 2.36. The number of ether oxygens (including phenoxy) is 2. The van der Waals surface area contributed by atoms with Crippen molar-refractivity contribution in [3.05, 3.63) is 55.1 Å². The third-order valence-electron chi connectivity index (χ3n) is 3.14. The van der Waals surface area contributed by atoms with Gasteiger partial charge in [0.15, 0.2) is 11.5 Å². The zero-order chi connectivity index (χ0) is 15.4. The number of para-hydroxylation sites is 1. The average Bonchev–Trinajstić information content (AvgIpc) is 2.98. The quantitative estimate of drug-likeness (QED) is 0.605. The first-order valence-corrected chi connectivity index (χ1v) is 8.00. The predicted molar refractivity (Wildman–Crippen MR) is 91.9 cm³/mol. The monoisotopic (exact) mass is 311 g/mol. The maximum absolute atomic E-state index is 5.69. The van der Waals surface area contributed by atoms with Crippen LogP contribution in [-0.2, 0) is 0 Å². The summed E-state index contributed by atoms with van der Waals surface area (Å²) in [5.74, 6) is 1.47. The van der Waals surface area contributed by atoms with Crippen LogP contribution in [0.3, 0.4) is 0 Å². The SMILES string of the molecule is C=CCOc1ccc(-c2nc3ccccc3s2)cc1OCC. The van der Waals surface area contributed by atoms with E-state index in [1.165, 1.54) is 4.70 Å². The van der Waals surface area contributed by atoms with E-state index in [2.05, 4.69) is 17.6 Å². The molecule has 0 saturated carbocycles. The van der Waals surface area contributed by atoms with Crippen LogP contribution >= 0.6 is 11.3 Å². The summed E-state index contributed by atoms with van der Waals surface area (Å²) < 4.78 is 12.5. The molecule has 0 saturated heterocycles. The molecule has 0 atom stereocenters. The number of hydrogen-bond donors (Lipinski definition) is 0. The van der Waals surface area contributed by atoms with Gasteiger partial charge in [0.2, 0.25) is 0 Å². The summed E-state index contributed by atoms with van der Waals surface area (Å²) in [5.41, 5.74) is 2.06. The van der Waals surface area contributed by atoms with Gasteiger partial charge in [-0.05, 0) is 37.3 Å². The van der Waals surface area contributed by atoms with Crippen LogP contribution in [0, 0.1) is 0 Å². The largest absolute Gasteiger partial charge is 0.490 e. The summed E-state index contributed by atoms with van der Waals surface area (Å²) in [6.07, 6.45) is 1.72. The maximum Gasteiger partial charge on any atom is 0.161 e. The molecule has 0 unspecified atom stereocenters. The van der Waals surface area contributed by atoms with E-state index in [-0.39, 0.29) is 0 Å². The molecule has 3 nitrogen and oxygen atoms in total. The van der Waals surface area contributed by atoms with Crippen LogP contribution in [0.5, 0.6) is 11.5 Å². The smallest absolute Gasteiger partial charge is 0.161 e. The molecule has 1 heterocycles. The molecule has 0 bridgehead atoms. The first-order chi connectivity index (χ1) is 10.8. The fourth-order valence-corrected chi connectivity index (χ4v) is 3.14. The van der Waals surface area contributed by atoms with Gasteiger partial charge in [-0.25, -0.2) is 4.98 Å². The third-order valence-corrected chi connectivity index (χ3v) is 4.23. The lowest BCUT2D eigenvalue weighted by Crippen LogP contribution is -1.99. The van der Waals surface area contributed by atoms with E-state index in [9.17, 15) is 0 Å². The van der Waals surface area contributed by atoms with Crippen LogP contribution in [0.25, 0.3) is 20.8 Å². The Hall–Kier alpha value is -2.33. The molecule has 4 heteroatoms. The number of fused-ring (bicyclic) bond motifs is 1. The van der Waals surface area contributed by atoms with Crippen LogP contribution in [0.15, 0.2) is 55.1 Å². The van der Waals surface area contributed by atoms with Crippen molar-refractivity contribution in [2.24, 2.45) is 0 Å². The fraction of sp³-hybridized carbons (Fsp3) is 0.167. The van der Waals surface area contributed by atoms with Crippen molar-refractivity contribution in [3.63, 3.8) is 0 Å². The van der Waals surface area contributed by atoms with Crippen molar-refractivity contribution in [2.75, 3.05) is 13.2 Å². The Bertz CT molecular complexity index is 762. The van der Waals surface area contributed by atoms with Crippen molar-refractivity contribution in [1.29, 1.82) is 0 Å². The zero-order valence-corrected chi connectivity index (χ0v) is 13.2. The molecule has 0 aliphatic rings. The number of rotatable bonds is 6. The minimum absolute atomic E-state index is 0.459. The van der Waals surface area contributed by atoms with E-state index >= 15 is 0 Å². The first kappa shape index (κ1) is 14.6. The van der Waals surface area contributed by atoms with Gasteiger partial charge in [0.1, 0.15) is 11.6 Å². The molecule has 0 aliphatic heterocycles. The molecule has 0 spiro atoms. The molecule has 2 aromatic carbocycles. The zero-order valence-electron chi connectivity index (χ0n) is 12.4. The molecule has 0 N–H and O–H groups in total. The van der Waals surface area contributed by atoms with Crippen molar-refractivity contribution in [3.8, 4) is 22.1 Å². The van der Waals surface area contributed by atoms with E-state index in [0.717, 1.165) is 27.6 Å². The van der Waals surface area contributed by atoms with Gasteiger partial charge in [-0.3, -0.25) is 0 Å².